The van der Waals surface area contributed by atoms with Crippen LogP contribution < -0.4 is 5.01 Å². The highest BCUT2D eigenvalue weighted by molar-refractivity contribution is 9.11. The van der Waals surface area contributed by atoms with Crippen LogP contribution in [0, 0.1) is 0 Å². The number of amides is 1. The lowest BCUT2D eigenvalue weighted by atomic mass is 10.2. The van der Waals surface area contributed by atoms with Crippen LogP contribution in [0.5, 0.6) is 0 Å². The molecule has 0 unspecified atom stereocenters. The lowest BCUT2D eigenvalue weighted by molar-refractivity contribution is -0.116. The van der Waals surface area contributed by atoms with Crippen LogP contribution >= 0.6 is 43.6 Å². The Labute approximate surface area is 143 Å². The third-order valence-electron chi connectivity index (χ3n) is 2.92. The van der Waals surface area contributed by atoms with Gasteiger partial charge >= 0.3 is 0 Å². The summed E-state index contributed by atoms with van der Waals surface area (Å²) in [5, 5.41) is 6.76. The average Bonchev–Trinajstić information content (AvgIpc) is 2.46. The molecular weight excluding hydrogens is 416 g/mol. The number of hydrogen-bond acceptors (Lipinski definition) is 3. The van der Waals surface area contributed by atoms with Gasteiger partial charge in [-0.1, -0.05) is 58.0 Å². The first-order valence-corrected chi connectivity index (χ1v) is 8.58. The number of carbonyl (C=O) groups is 1. The Kier molecular flexibility index (Phi) is 4.19. The predicted molar refractivity (Wildman–Crippen MR) is 93.8 cm³/mol. The molecule has 0 aliphatic carbocycles. The van der Waals surface area contributed by atoms with E-state index >= 15 is 0 Å². The van der Waals surface area contributed by atoms with E-state index in [4.69, 9.17) is 0 Å². The SMILES string of the molecule is CC(=O)N1N=C(c2ccccc2)Sc2cc(Br)cc(Br)c21. The Bertz CT molecular complexity index is 747. The largest absolute Gasteiger partial charge is 0.273 e. The summed E-state index contributed by atoms with van der Waals surface area (Å²) in [5.74, 6) is -0.118. The molecule has 1 heterocycles. The highest BCUT2D eigenvalue weighted by Gasteiger charge is 2.26. The zero-order valence-corrected chi connectivity index (χ0v) is 15.0. The van der Waals surface area contributed by atoms with Gasteiger partial charge in [0.2, 0.25) is 5.91 Å². The molecule has 0 bridgehead atoms. The van der Waals surface area contributed by atoms with Gasteiger partial charge in [-0.05, 0) is 28.1 Å². The van der Waals surface area contributed by atoms with Crippen molar-refractivity contribution < 1.29 is 4.79 Å². The smallest absolute Gasteiger partial charge is 0.244 e. The standard InChI is InChI=1S/C15H10Br2N2OS/c1-9(20)19-14-12(17)7-11(16)8-13(14)21-15(18-19)10-5-3-2-4-6-10/h2-8H,1H3. The van der Waals surface area contributed by atoms with Gasteiger partial charge in [-0.15, -0.1) is 0 Å². The number of hydrogen-bond donors (Lipinski definition) is 0. The Morgan fingerprint density at radius 1 is 1.19 bits per heavy atom. The molecule has 3 rings (SSSR count). The number of thioether (sulfide) groups is 1. The molecule has 0 radical (unpaired) electrons. The van der Waals surface area contributed by atoms with Crippen molar-refractivity contribution >= 4 is 60.3 Å². The molecule has 2 aromatic carbocycles. The zero-order valence-electron chi connectivity index (χ0n) is 11.0. The van der Waals surface area contributed by atoms with Crippen LogP contribution in [-0.2, 0) is 4.79 Å². The molecule has 1 aliphatic rings. The van der Waals surface area contributed by atoms with Crippen molar-refractivity contribution in [2.24, 2.45) is 5.10 Å². The Balaban J connectivity index is 2.15. The maximum Gasteiger partial charge on any atom is 0.244 e. The molecule has 0 fully saturated rings. The van der Waals surface area contributed by atoms with E-state index in [0.29, 0.717) is 0 Å². The van der Waals surface area contributed by atoms with Crippen LogP contribution in [0.3, 0.4) is 0 Å². The first-order valence-electron chi connectivity index (χ1n) is 6.18. The van der Waals surface area contributed by atoms with Gasteiger partial charge in [-0.25, -0.2) is 0 Å². The maximum atomic E-state index is 12.0. The van der Waals surface area contributed by atoms with Crippen LogP contribution in [0.15, 0.2) is 61.4 Å². The topological polar surface area (TPSA) is 32.7 Å². The molecule has 0 saturated heterocycles. The maximum absolute atomic E-state index is 12.0. The third kappa shape index (κ3) is 2.93. The highest BCUT2D eigenvalue weighted by Crippen LogP contribution is 2.44. The van der Waals surface area contributed by atoms with Crippen molar-refractivity contribution in [2.45, 2.75) is 11.8 Å². The van der Waals surface area contributed by atoms with Crippen LogP contribution in [0.1, 0.15) is 12.5 Å². The molecule has 3 nitrogen and oxygen atoms in total. The second-order valence-electron chi connectivity index (χ2n) is 4.44. The minimum Gasteiger partial charge on any atom is -0.273 e. The fourth-order valence-electron chi connectivity index (χ4n) is 2.02. The number of nitrogens with zero attached hydrogens (tertiary/aromatic N) is 2. The second kappa shape index (κ2) is 5.94. The normalized spacial score (nSPS) is 13.7. The van der Waals surface area contributed by atoms with Gasteiger partial charge in [0, 0.05) is 26.3 Å². The summed E-state index contributed by atoms with van der Waals surface area (Å²) in [6.07, 6.45) is 0. The van der Waals surface area contributed by atoms with Crippen molar-refractivity contribution in [1.29, 1.82) is 0 Å². The van der Waals surface area contributed by atoms with Gasteiger partial charge in [-0.2, -0.15) is 10.1 Å². The van der Waals surface area contributed by atoms with E-state index < -0.39 is 0 Å². The Morgan fingerprint density at radius 3 is 2.57 bits per heavy atom. The number of fused-ring (bicyclic) bond motifs is 1. The van der Waals surface area contributed by atoms with Gasteiger partial charge in [0.15, 0.2) is 0 Å². The van der Waals surface area contributed by atoms with Gasteiger partial charge in [-0.3, -0.25) is 4.79 Å². The van der Waals surface area contributed by atoms with Crippen molar-refractivity contribution in [3.05, 3.63) is 57.0 Å². The summed E-state index contributed by atoms with van der Waals surface area (Å²) < 4.78 is 1.80. The number of carbonyl (C=O) groups excluding carboxylic acids is 1. The van der Waals surface area contributed by atoms with Gasteiger partial charge in [0.05, 0.1) is 5.69 Å². The summed E-state index contributed by atoms with van der Waals surface area (Å²) in [4.78, 5) is 12.9. The number of rotatable bonds is 1. The molecule has 0 N–H and O–H groups in total. The quantitative estimate of drug-likeness (QED) is 0.641. The summed E-state index contributed by atoms with van der Waals surface area (Å²) in [6.45, 7) is 1.51. The fraction of sp³-hybridized carbons (Fsp3) is 0.0667. The molecule has 1 aliphatic heterocycles. The summed E-state index contributed by atoms with van der Waals surface area (Å²) in [6, 6.07) is 13.8. The predicted octanol–water partition coefficient (Wildman–Crippen LogP) is 5.03. The molecular formula is C15H10Br2N2OS. The molecule has 0 spiro atoms. The lowest BCUT2D eigenvalue weighted by Gasteiger charge is -2.26. The van der Waals surface area contributed by atoms with Crippen LogP contribution in [0.25, 0.3) is 0 Å². The van der Waals surface area contributed by atoms with Crippen molar-refractivity contribution in [2.75, 3.05) is 5.01 Å². The van der Waals surface area contributed by atoms with Crippen molar-refractivity contribution in [3.8, 4) is 0 Å². The fourth-order valence-corrected chi connectivity index (χ4v) is 4.76. The number of benzene rings is 2. The minimum absolute atomic E-state index is 0.118. The summed E-state index contributed by atoms with van der Waals surface area (Å²) >= 11 is 8.55. The van der Waals surface area contributed by atoms with Gasteiger partial charge < -0.3 is 0 Å². The van der Waals surface area contributed by atoms with Crippen molar-refractivity contribution in [1.82, 2.24) is 0 Å². The molecule has 106 valence electrons. The van der Waals surface area contributed by atoms with Crippen LogP contribution in [0.2, 0.25) is 0 Å². The van der Waals surface area contributed by atoms with E-state index in [2.05, 4.69) is 37.0 Å². The first kappa shape index (κ1) is 14.8. The van der Waals surface area contributed by atoms with E-state index in [9.17, 15) is 4.79 Å². The monoisotopic (exact) mass is 424 g/mol. The molecule has 6 heteroatoms. The summed E-state index contributed by atoms with van der Waals surface area (Å²) in [5.41, 5.74) is 1.78. The van der Waals surface area contributed by atoms with E-state index in [1.807, 2.05) is 42.5 Å². The van der Waals surface area contributed by atoms with Crippen molar-refractivity contribution in [3.63, 3.8) is 0 Å². The average molecular weight is 426 g/mol. The molecule has 0 saturated carbocycles. The van der Waals surface area contributed by atoms with E-state index in [0.717, 1.165) is 30.1 Å². The molecule has 2 aromatic rings. The summed E-state index contributed by atoms with van der Waals surface area (Å²) in [7, 11) is 0. The van der Waals surface area contributed by atoms with E-state index in [-0.39, 0.29) is 5.91 Å². The molecule has 21 heavy (non-hydrogen) atoms. The van der Waals surface area contributed by atoms with Crippen LogP contribution in [-0.4, -0.2) is 11.0 Å². The van der Waals surface area contributed by atoms with E-state index in [1.54, 1.807) is 11.8 Å². The molecule has 0 aromatic heterocycles. The van der Waals surface area contributed by atoms with Gasteiger partial charge in [0.1, 0.15) is 5.04 Å². The first-order chi connectivity index (χ1) is 10.1. The zero-order chi connectivity index (χ0) is 15.0. The second-order valence-corrected chi connectivity index (χ2v) is 7.24. The van der Waals surface area contributed by atoms with Crippen LogP contribution in [0.4, 0.5) is 5.69 Å². The molecule has 1 amide bonds. The minimum atomic E-state index is -0.118. The number of anilines is 1. The lowest BCUT2D eigenvalue weighted by Crippen LogP contribution is -2.27. The highest BCUT2D eigenvalue weighted by atomic mass is 79.9. The van der Waals surface area contributed by atoms with E-state index in [1.165, 1.54) is 11.9 Å². The molecule has 0 atom stereocenters. The number of halogens is 2. The third-order valence-corrected chi connectivity index (χ3v) is 5.03. The Morgan fingerprint density at radius 2 is 1.90 bits per heavy atom. The van der Waals surface area contributed by atoms with Gasteiger partial charge in [0.25, 0.3) is 0 Å². The Hall–Kier alpha value is -1.11. The number of hydrazone groups is 1.